The number of carbonyl (C=O) groups excluding carboxylic acids is 1. The van der Waals surface area contributed by atoms with Gasteiger partial charge in [0.25, 0.3) is 5.91 Å². The van der Waals surface area contributed by atoms with E-state index in [2.05, 4.69) is 20.2 Å². The number of amides is 1. The lowest BCUT2D eigenvalue weighted by Gasteiger charge is -2.32. The van der Waals surface area contributed by atoms with Gasteiger partial charge in [-0.05, 0) is 33.6 Å². The molecule has 4 rings (SSSR count). The standard InChI is InChI=1S/C20H24N6O2/c1-13(2)26-11-16(8-23-26)20(27)25-6-4-5-15(10-25)19-17(9-21-12-22-19)18-7-14(3)24-28-18/h7-9,11-13,15H,4-6,10H2,1-3H3/t15-/m0/s1. The van der Waals surface area contributed by atoms with Crippen LogP contribution < -0.4 is 0 Å². The average molecular weight is 380 g/mol. The van der Waals surface area contributed by atoms with E-state index in [1.165, 1.54) is 0 Å². The Bertz CT molecular complexity index is 976. The second-order valence-corrected chi connectivity index (χ2v) is 7.55. The molecule has 1 fully saturated rings. The summed E-state index contributed by atoms with van der Waals surface area (Å²) in [6, 6.07) is 2.11. The Balaban J connectivity index is 1.57. The van der Waals surface area contributed by atoms with E-state index >= 15 is 0 Å². The number of rotatable bonds is 4. The predicted molar refractivity (Wildman–Crippen MR) is 103 cm³/mol. The minimum Gasteiger partial charge on any atom is -0.356 e. The Morgan fingerprint density at radius 1 is 1.32 bits per heavy atom. The normalized spacial score (nSPS) is 17.3. The number of carbonyl (C=O) groups is 1. The summed E-state index contributed by atoms with van der Waals surface area (Å²) in [5.74, 6) is 0.804. The molecule has 1 amide bonds. The number of hydrogen-bond acceptors (Lipinski definition) is 6. The molecule has 0 aliphatic carbocycles. The van der Waals surface area contributed by atoms with Crippen molar-refractivity contribution in [2.24, 2.45) is 0 Å². The molecule has 1 atom stereocenters. The molecule has 0 radical (unpaired) electrons. The molecule has 0 saturated carbocycles. The number of hydrogen-bond donors (Lipinski definition) is 0. The van der Waals surface area contributed by atoms with Gasteiger partial charge in [-0.2, -0.15) is 5.10 Å². The zero-order chi connectivity index (χ0) is 19.7. The van der Waals surface area contributed by atoms with Crippen molar-refractivity contribution in [2.75, 3.05) is 13.1 Å². The van der Waals surface area contributed by atoms with Crippen LogP contribution in [0.3, 0.4) is 0 Å². The van der Waals surface area contributed by atoms with Gasteiger partial charge >= 0.3 is 0 Å². The molecular formula is C20H24N6O2. The molecule has 0 bridgehead atoms. The Hall–Kier alpha value is -3.03. The lowest BCUT2D eigenvalue weighted by atomic mass is 9.91. The summed E-state index contributed by atoms with van der Waals surface area (Å²) in [5.41, 5.74) is 3.19. The van der Waals surface area contributed by atoms with Crippen LogP contribution in [0.2, 0.25) is 0 Å². The fourth-order valence-corrected chi connectivity index (χ4v) is 3.64. The van der Waals surface area contributed by atoms with E-state index in [4.69, 9.17) is 4.52 Å². The molecule has 3 aromatic heterocycles. The van der Waals surface area contributed by atoms with Gasteiger partial charge in [-0.15, -0.1) is 0 Å². The number of aromatic nitrogens is 5. The SMILES string of the molecule is Cc1cc(-c2cncnc2[C@H]2CCCN(C(=O)c3cnn(C(C)C)c3)C2)on1. The van der Waals surface area contributed by atoms with E-state index in [1.54, 1.807) is 18.7 Å². The minimum atomic E-state index is 0.0164. The van der Waals surface area contributed by atoms with Gasteiger partial charge in [0.1, 0.15) is 6.33 Å². The van der Waals surface area contributed by atoms with E-state index in [-0.39, 0.29) is 17.9 Å². The molecule has 28 heavy (non-hydrogen) atoms. The zero-order valence-electron chi connectivity index (χ0n) is 16.4. The first kappa shape index (κ1) is 18.3. The summed E-state index contributed by atoms with van der Waals surface area (Å²) in [6.07, 6.45) is 8.67. The molecule has 1 aliphatic rings. The quantitative estimate of drug-likeness (QED) is 0.690. The molecule has 0 N–H and O–H groups in total. The van der Waals surface area contributed by atoms with Crippen LogP contribution in [0, 0.1) is 6.92 Å². The third-order valence-electron chi connectivity index (χ3n) is 5.11. The molecule has 0 unspecified atom stereocenters. The number of piperidine rings is 1. The van der Waals surface area contributed by atoms with Crippen LogP contribution in [-0.4, -0.2) is 48.8 Å². The molecule has 3 aromatic rings. The van der Waals surface area contributed by atoms with Gasteiger partial charge in [0.05, 0.1) is 28.7 Å². The molecule has 0 aromatic carbocycles. The smallest absolute Gasteiger partial charge is 0.257 e. The number of nitrogens with zero attached hydrogens (tertiary/aromatic N) is 6. The van der Waals surface area contributed by atoms with Crippen molar-refractivity contribution in [1.82, 2.24) is 29.8 Å². The summed E-state index contributed by atoms with van der Waals surface area (Å²) >= 11 is 0. The Kier molecular flexibility index (Phi) is 4.93. The molecule has 8 heteroatoms. The molecular weight excluding hydrogens is 356 g/mol. The molecule has 4 heterocycles. The second-order valence-electron chi connectivity index (χ2n) is 7.55. The van der Waals surface area contributed by atoms with Crippen molar-refractivity contribution in [3.63, 3.8) is 0 Å². The van der Waals surface area contributed by atoms with Crippen molar-refractivity contribution in [3.05, 3.63) is 47.9 Å². The van der Waals surface area contributed by atoms with Crippen molar-refractivity contribution in [2.45, 2.75) is 45.6 Å². The lowest BCUT2D eigenvalue weighted by Crippen LogP contribution is -2.39. The fourth-order valence-electron chi connectivity index (χ4n) is 3.64. The van der Waals surface area contributed by atoms with Crippen molar-refractivity contribution < 1.29 is 9.32 Å². The number of likely N-dealkylation sites (tertiary alicyclic amines) is 1. The summed E-state index contributed by atoms with van der Waals surface area (Å²) in [5, 5.41) is 8.27. The van der Waals surface area contributed by atoms with Gasteiger partial charge < -0.3 is 9.42 Å². The highest BCUT2D eigenvalue weighted by atomic mass is 16.5. The predicted octanol–water partition coefficient (Wildman–Crippen LogP) is 3.24. The third-order valence-corrected chi connectivity index (χ3v) is 5.11. The summed E-state index contributed by atoms with van der Waals surface area (Å²) in [4.78, 5) is 23.6. The van der Waals surface area contributed by atoms with Gasteiger partial charge in [0.2, 0.25) is 0 Å². The highest BCUT2D eigenvalue weighted by molar-refractivity contribution is 5.93. The first-order valence-corrected chi connectivity index (χ1v) is 9.60. The molecule has 1 aliphatic heterocycles. The lowest BCUT2D eigenvalue weighted by molar-refractivity contribution is 0.0706. The summed E-state index contributed by atoms with van der Waals surface area (Å²) in [6.45, 7) is 7.32. The van der Waals surface area contributed by atoms with Crippen LogP contribution in [-0.2, 0) is 0 Å². The van der Waals surface area contributed by atoms with E-state index in [1.807, 2.05) is 42.6 Å². The minimum absolute atomic E-state index is 0.0164. The van der Waals surface area contributed by atoms with E-state index < -0.39 is 0 Å². The van der Waals surface area contributed by atoms with Gasteiger partial charge in [0, 0.05) is 43.5 Å². The van der Waals surface area contributed by atoms with E-state index in [0.717, 1.165) is 36.3 Å². The van der Waals surface area contributed by atoms with Crippen LogP contribution in [0.1, 0.15) is 60.4 Å². The summed E-state index contributed by atoms with van der Waals surface area (Å²) in [7, 11) is 0. The molecule has 8 nitrogen and oxygen atoms in total. The van der Waals surface area contributed by atoms with Gasteiger partial charge in [0.15, 0.2) is 5.76 Å². The van der Waals surface area contributed by atoms with Crippen LogP contribution in [0.25, 0.3) is 11.3 Å². The third kappa shape index (κ3) is 3.54. The van der Waals surface area contributed by atoms with Crippen molar-refractivity contribution in [3.8, 4) is 11.3 Å². The largest absolute Gasteiger partial charge is 0.356 e. The Labute approximate surface area is 163 Å². The highest BCUT2D eigenvalue weighted by Crippen LogP contribution is 2.33. The molecule has 0 spiro atoms. The maximum Gasteiger partial charge on any atom is 0.257 e. The first-order valence-electron chi connectivity index (χ1n) is 9.60. The van der Waals surface area contributed by atoms with E-state index in [9.17, 15) is 4.79 Å². The molecule has 1 saturated heterocycles. The van der Waals surface area contributed by atoms with Gasteiger partial charge in [-0.25, -0.2) is 9.97 Å². The topological polar surface area (TPSA) is 89.9 Å². The Morgan fingerprint density at radius 3 is 2.89 bits per heavy atom. The highest BCUT2D eigenvalue weighted by Gasteiger charge is 2.29. The number of aryl methyl sites for hydroxylation is 1. The second kappa shape index (κ2) is 7.53. The first-order chi connectivity index (χ1) is 13.5. The van der Waals surface area contributed by atoms with Crippen LogP contribution in [0.15, 0.2) is 35.5 Å². The van der Waals surface area contributed by atoms with Gasteiger partial charge in [-0.3, -0.25) is 9.48 Å². The van der Waals surface area contributed by atoms with Gasteiger partial charge in [-0.1, -0.05) is 5.16 Å². The summed E-state index contributed by atoms with van der Waals surface area (Å²) < 4.78 is 7.24. The fraction of sp³-hybridized carbons (Fsp3) is 0.450. The van der Waals surface area contributed by atoms with Crippen molar-refractivity contribution in [1.29, 1.82) is 0 Å². The maximum absolute atomic E-state index is 13.0. The Morgan fingerprint density at radius 2 is 2.18 bits per heavy atom. The maximum atomic E-state index is 13.0. The van der Waals surface area contributed by atoms with Crippen molar-refractivity contribution >= 4 is 5.91 Å². The van der Waals surface area contributed by atoms with Crippen LogP contribution >= 0.6 is 0 Å². The van der Waals surface area contributed by atoms with E-state index in [0.29, 0.717) is 17.9 Å². The monoisotopic (exact) mass is 380 g/mol. The zero-order valence-corrected chi connectivity index (χ0v) is 16.4. The average Bonchev–Trinajstić information content (AvgIpc) is 3.37. The van der Waals surface area contributed by atoms with Crippen LogP contribution in [0.5, 0.6) is 0 Å². The van der Waals surface area contributed by atoms with Crippen LogP contribution in [0.4, 0.5) is 0 Å². The molecule has 146 valence electrons.